The number of likely N-dealkylation sites (tertiary alicyclic amines) is 1. The first-order valence-electron chi connectivity index (χ1n) is 9.07. The Morgan fingerprint density at radius 3 is 2.19 bits per heavy atom. The van der Waals surface area contributed by atoms with Crippen LogP contribution in [0.2, 0.25) is 0 Å². The maximum absolute atomic E-state index is 13.1. The van der Waals surface area contributed by atoms with Gasteiger partial charge in [-0.15, -0.1) is 0 Å². The Kier molecular flexibility index (Phi) is 6.13. The highest BCUT2D eigenvalue weighted by Gasteiger charge is 2.28. The molecular weight excluding hydrogens is 362 g/mol. The molecule has 144 valence electrons. The molecule has 0 atom stereocenters. The van der Waals surface area contributed by atoms with Gasteiger partial charge in [0, 0.05) is 6.04 Å². The van der Waals surface area contributed by atoms with E-state index >= 15 is 0 Å². The summed E-state index contributed by atoms with van der Waals surface area (Å²) in [6, 6.07) is 17.0. The molecule has 0 bridgehead atoms. The van der Waals surface area contributed by atoms with Crippen molar-refractivity contribution in [2.75, 3.05) is 31.0 Å². The lowest BCUT2D eigenvalue weighted by atomic mass is 10.1. The predicted octanol–water partition coefficient (Wildman–Crippen LogP) is 2.09. The van der Waals surface area contributed by atoms with Crippen LogP contribution in [-0.2, 0) is 14.8 Å². The van der Waals surface area contributed by atoms with Gasteiger partial charge in [-0.25, -0.2) is 8.42 Å². The van der Waals surface area contributed by atoms with Gasteiger partial charge in [0.2, 0.25) is 5.91 Å². The molecule has 0 saturated carbocycles. The Morgan fingerprint density at radius 1 is 1.04 bits per heavy atom. The number of hydrogen-bond acceptors (Lipinski definition) is 4. The van der Waals surface area contributed by atoms with Crippen molar-refractivity contribution in [3.05, 3.63) is 60.7 Å². The molecule has 0 spiro atoms. The minimum absolute atomic E-state index is 0.0887. The van der Waals surface area contributed by atoms with Crippen LogP contribution >= 0.6 is 0 Å². The molecule has 0 unspecified atom stereocenters. The van der Waals surface area contributed by atoms with E-state index in [1.54, 1.807) is 54.6 Å². The number of hydrogen-bond donors (Lipinski definition) is 1. The highest BCUT2D eigenvalue weighted by Crippen LogP contribution is 2.23. The van der Waals surface area contributed by atoms with Crippen LogP contribution in [0.4, 0.5) is 5.69 Å². The molecule has 0 aliphatic carbocycles. The second kappa shape index (κ2) is 8.54. The average Bonchev–Trinajstić information content (AvgIpc) is 2.69. The number of amides is 1. The summed E-state index contributed by atoms with van der Waals surface area (Å²) in [6.07, 6.45) is 1.75. The van der Waals surface area contributed by atoms with Gasteiger partial charge in [0.05, 0.1) is 10.6 Å². The average molecular weight is 388 g/mol. The van der Waals surface area contributed by atoms with Crippen LogP contribution in [0.5, 0.6) is 0 Å². The van der Waals surface area contributed by atoms with Crippen LogP contribution in [0.15, 0.2) is 65.6 Å². The van der Waals surface area contributed by atoms with Gasteiger partial charge >= 0.3 is 0 Å². The largest absolute Gasteiger partial charge is 0.352 e. The third kappa shape index (κ3) is 4.87. The standard InChI is InChI=1S/C20H25N3O3S/c1-22-14-12-17(13-15-22)21-20(24)16-23(18-8-4-2-5-9-18)27(25,26)19-10-6-3-7-11-19/h2-11,17H,12-16H2,1H3,(H,21,24). The van der Waals surface area contributed by atoms with Crippen molar-refractivity contribution in [2.45, 2.75) is 23.8 Å². The molecule has 2 aromatic rings. The van der Waals surface area contributed by atoms with E-state index in [4.69, 9.17) is 0 Å². The highest BCUT2D eigenvalue weighted by atomic mass is 32.2. The van der Waals surface area contributed by atoms with Crippen LogP contribution < -0.4 is 9.62 Å². The van der Waals surface area contributed by atoms with Gasteiger partial charge in [-0.2, -0.15) is 0 Å². The van der Waals surface area contributed by atoms with Crippen molar-refractivity contribution in [1.82, 2.24) is 10.2 Å². The number of nitrogens with zero attached hydrogens (tertiary/aromatic N) is 2. The summed E-state index contributed by atoms with van der Waals surface area (Å²) in [4.78, 5) is 15.0. The zero-order chi connectivity index (χ0) is 19.3. The first-order chi connectivity index (χ1) is 13.0. The van der Waals surface area contributed by atoms with Gasteiger partial charge in [0.15, 0.2) is 0 Å². The summed E-state index contributed by atoms with van der Waals surface area (Å²) in [6.45, 7) is 1.61. The monoisotopic (exact) mass is 387 g/mol. The van der Waals surface area contributed by atoms with E-state index in [0.29, 0.717) is 5.69 Å². The first kappa shape index (κ1) is 19.4. The van der Waals surface area contributed by atoms with Crippen molar-refractivity contribution in [3.8, 4) is 0 Å². The maximum atomic E-state index is 13.1. The van der Waals surface area contributed by atoms with Crippen LogP contribution in [0, 0.1) is 0 Å². The Hall–Kier alpha value is -2.38. The predicted molar refractivity (Wildman–Crippen MR) is 106 cm³/mol. The fraction of sp³-hybridized carbons (Fsp3) is 0.350. The Labute approximate surface area is 160 Å². The molecule has 1 amide bonds. The normalized spacial score (nSPS) is 16.0. The topological polar surface area (TPSA) is 69.7 Å². The van der Waals surface area contributed by atoms with Crippen molar-refractivity contribution >= 4 is 21.6 Å². The van der Waals surface area contributed by atoms with Crippen molar-refractivity contribution in [3.63, 3.8) is 0 Å². The molecule has 7 heteroatoms. The summed E-state index contributed by atoms with van der Waals surface area (Å²) in [5.41, 5.74) is 0.472. The number of anilines is 1. The molecule has 1 aliphatic rings. The van der Waals surface area contributed by atoms with Crippen LogP contribution in [0.3, 0.4) is 0 Å². The molecule has 1 saturated heterocycles. The number of para-hydroxylation sites is 1. The summed E-state index contributed by atoms with van der Waals surface area (Å²) < 4.78 is 27.5. The lowest BCUT2D eigenvalue weighted by Gasteiger charge is -2.30. The number of benzene rings is 2. The second-order valence-corrected chi connectivity index (χ2v) is 8.67. The fourth-order valence-corrected chi connectivity index (χ4v) is 4.63. The van der Waals surface area contributed by atoms with E-state index < -0.39 is 10.0 Å². The third-order valence-electron chi connectivity index (χ3n) is 4.75. The van der Waals surface area contributed by atoms with Gasteiger partial charge < -0.3 is 10.2 Å². The zero-order valence-corrected chi connectivity index (χ0v) is 16.2. The lowest BCUT2D eigenvalue weighted by molar-refractivity contribution is -0.120. The van der Waals surface area contributed by atoms with E-state index in [1.807, 2.05) is 6.07 Å². The molecule has 27 heavy (non-hydrogen) atoms. The maximum Gasteiger partial charge on any atom is 0.264 e. The van der Waals surface area contributed by atoms with E-state index in [2.05, 4.69) is 17.3 Å². The van der Waals surface area contributed by atoms with Crippen molar-refractivity contribution in [2.24, 2.45) is 0 Å². The number of carbonyl (C=O) groups excluding carboxylic acids is 1. The van der Waals surface area contributed by atoms with Gasteiger partial charge in [0.1, 0.15) is 6.54 Å². The van der Waals surface area contributed by atoms with Gasteiger partial charge in [-0.1, -0.05) is 36.4 Å². The Morgan fingerprint density at radius 2 is 1.59 bits per heavy atom. The molecule has 1 fully saturated rings. The quantitative estimate of drug-likeness (QED) is 0.824. The fourth-order valence-electron chi connectivity index (χ4n) is 3.19. The lowest BCUT2D eigenvalue weighted by Crippen LogP contribution is -2.47. The number of sulfonamides is 1. The zero-order valence-electron chi connectivity index (χ0n) is 15.4. The minimum atomic E-state index is -3.83. The summed E-state index contributed by atoms with van der Waals surface area (Å²) in [5, 5.41) is 2.99. The summed E-state index contributed by atoms with van der Waals surface area (Å²) in [7, 11) is -1.78. The smallest absolute Gasteiger partial charge is 0.264 e. The highest BCUT2D eigenvalue weighted by molar-refractivity contribution is 7.92. The van der Waals surface area contributed by atoms with E-state index in [-0.39, 0.29) is 23.4 Å². The van der Waals surface area contributed by atoms with Crippen molar-refractivity contribution in [1.29, 1.82) is 0 Å². The summed E-state index contributed by atoms with van der Waals surface area (Å²) >= 11 is 0. The SMILES string of the molecule is CN1CCC(NC(=O)CN(c2ccccc2)S(=O)(=O)c2ccccc2)CC1. The molecule has 6 nitrogen and oxygen atoms in total. The van der Waals surface area contributed by atoms with Gasteiger partial charge in [-0.3, -0.25) is 9.10 Å². The number of rotatable bonds is 6. The molecule has 1 heterocycles. The Balaban J connectivity index is 1.80. The Bertz CT molecular complexity index is 849. The number of carbonyl (C=O) groups is 1. The van der Waals surface area contributed by atoms with Crippen molar-refractivity contribution < 1.29 is 13.2 Å². The van der Waals surface area contributed by atoms with Gasteiger partial charge in [0.25, 0.3) is 10.0 Å². The van der Waals surface area contributed by atoms with Crippen LogP contribution in [0.1, 0.15) is 12.8 Å². The van der Waals surface area contributed by atoms with E-state index in [0.717, 1.165) is 25.9 Å². The summed E-state index contributed by atoms with van der Waals surface area (Å²) in [5.74, 6) is -0.284. The van der Waals surface area contributed by atoms with Crippen LogP contribution in [0.25, 0.3) is 0 Å². The van der Waals surface area contributed by atoms with E-state index in [1.165, 1.54) is 4.31 Å². The number of nitrogens with one attached hydrogen (secondary N) is 1. The van der Waals surface area contributed by atoms with Gasteiger partial charge in [-0.05, 0) is 57.2 Å². The number of piperidine rings is 1. The molecule has 2 aromatic carbocycles. The first-order valence-corrected chi connectivity index (χ1v) is 10.5. The molecule has 1 aliphatic heterocycles. The molecule has 1 N–H and O–H groups in total. The third-order valence-corrected chi connectivity index (χ3v) is 6.53. The molecular formula is C20H25N3O3S. The minimum Gasteiger partial charge on any atom is -0.352 e. The molecule has 0 radical (unpaired) electrons. The van der Waals surface area contributed by atoms with E-state index in [9.17, 15) is 13.2 Å². The molecule has 0 aromatic heterocycles. The second-order valence-electron chi connectivity index (χ2n) is 6.81. The van der Waals surface area contributed by atoms with Crippen LogP contribution in [-0.4, -0.2) is 51.9 Å². The molecule has 3 rings (SSSR count).